The standard InChI is InChI=1S/C15H22N2O.ClH/c1-12-7-3-4-9-14(12)16-15(18)11-17-10-6-5-8-13(17)2;/h3-4,7,9,13H,5-6,8,10-11H2,1-2H3,(H,16,18);1H. The van der Waals surface area contributed by atoms with E-state index in [0.717, 1.165) is 17.8 Å². The summed E-state index contributed by atoms with van der Waals surface area (Å²) in [6, 6.07) is 8.43. The van der Waals surface area contributed by atoms with Gasteiger partial charge in [0.05, 0.1) is 6.54 Å². The number of likely N-dealkylation sites (tertiary alicyclic amines) is 1. The Morgan fingerprint density at radius 1 is 1.37 bits per heavy atom. The molecule has 1 aliphatic heterocycles. The average molecular weight is 283 g/mol. The number of benzene rings is 1. The highest BCUT2D eigenvalue weighted by molar-refractivity contribution is 5.92. The second kappa shape index (κ2) is 7.51. The summed E-state index contributed by atoms with van der Waals surface area (Å²) < 4.78 is 0. The molecule has 0 bridgehead atoms. The molecule has 1 N–H and O–H groups in total. The van der Waals surface area contributed by atoms with Gasteiger partial charge in [0.2, 0.25) is 5.91 Å². The Balaban J connectivity index is 0.00000180. The first-order valence-electron chi connectivity index (χ1n) is 6.76. The van der Waals surface area contributed by atoms with Gasteiger partial charge in [-0.25, -0.2) is 0 Å². The van der Waals surface area contributed by atoms with Gasteiger partial charge in [0.15, 0.2) is 0 Å². The molecule has 1 atom stereocenters. The molecule has 1 heterocycles. The average Bonchev–Trinajstić information content (AvgIpc) is 2.35. The van der Waals surface area contributed by atoms with E-state index in [4.69, 9.17) is 0 Å². The van der Waals surface area contributed by atoms with Gasteiger partial charge in [0.25, 0.3) is 0 Å². The van der Waals surface area contributed by atoms with E-state index in [2.05, 4.69) is 17.1 Å². The van der Waals surface area contributed by atoms with E-state index < -0.39 is 0 Å². The second-order valence-corrected chi connectivity index (χ2v) is 5.18. The quantitative estimate of drug-likeness (QED) is 0.923. The van der Waals surface area contributed by atoms with E-state index >= 15 is 0 Å². The van der Waals surface area contributed by atoms with Crippen LogP contribution in [0.25, 0.3) is 0 Å². The summed E-state index contributed by atoms with van der Waals surface area (Å²) in [5.74, 6) is 0.0954. The van der Waals surface area contributed by atoms with Crippen molar-refractivity contribution in [1.29, 1.82) is 0 Å². The lowest BCUT2D eigenvalue weighted by atomic mass is 10.0. The molecule has 1 saturated heterocycles. The molecule has 0 radical (unpaired) electrons. The zero-order valence-corrected chi connectivity index (χ0v) is 12.5. The Hall–Kier alpha value is -1.06. The van der Waals surface area contributed by atoms with Crippen molar-refractivity contribution in [2.75, 3.05) is 18.4 Å². The summed E-state index contributed by atoms with van der Waals surface area (Å²) in [6.07, 6.45) is 3.71. The van der Waals surface area contributed by atoms with Gasteiger partial charge in [0, 0.05) is 11.7 Å². The number of nitrogens with one attached hydrogen (secondary N) is 1. The Morgan fingerprint density at radius 3 is 2.79 bits per heavy atom. The Bertz CT molecular complexity index is 422. The maximum absolute atomic E-state index is 12.0. The fourth-order valence-electron chi connectivity index (χ4n) is 2.48. The molecule has 0 spiro atoms. The molecule has 0 saturated carbocycles. The summed E-state index contributed by atoms with van der Waals surface area (Å²) in [6.45, 7) is 5.77. The van der Waals surface area contributed by atoms with E-state index in [0.29, 0.717) is 12.6 Å². The van der Waals surface area contributed by atoms with Crippen molar-refractivity contribution in [3.05, 3.63) is 29.8 Å². The monoisotopic (exact) mass is 282 g/mol. The van der Waals surface area contributed by atoms with Gasteiger partial charge in [-0.3, -0.25) is 9.69 Å². The molecule has 0 aliphatic carbocycles. The number of anilines is 1. The molecule has 19 heavy (non-hydrogen) atoms. The summed E-state index contributed by atoms with van der Waals surface area (Å²) in [5.41, 5.74) is 2.03. The summed E-state index contributed by atoms with van der Waals surface area (Å²) in [5, 5.41) is 3.00. The molecular formula is C15H23ClN2O. The van der Waals surface area contributed by atoms with Gasteiger partial charge in [-0.2, -0.15) is 0 Å². The van der Waals surface area contributed by atoms with E-state index in [1.807, 2.05) is 31.2 Å². The van der Waals surface area contributed by atoms with E-state index in [1.54, 1.807) is 0 Å². The third-order valence-electron chi connectivity index (χ3n) is 3.71. The van der Waals surface area contributed by atoms with Crippen LogP contribution in [0.4, 0.5) is 5.69 Å². The van der Waals surface area contributed by atoms with Gasteiger partial charge in [-0.1, -0.05) is 24.6 Å². The molecule has 1 unspecified atom stereocenters. The first kappa shape index (κ1) is 16.0. The van der Waals surface area contributed by atoms with Crippen LogP contribution in [0.5, 0.6) is 0 Å². The fourth-order valence-corrected chi connectivity index (χ4v) is 2.48. The van der Waals surface area contributed by atoms with Crippen molar-refractivity contribution in [1.82, 2.24) is 4.90 Å². The minimum Gasteiger partial charge on any atom is -0.325 e. The predicted molar refractivity (Wildman–Crippen MR) is 81.9 cm³/mol. The number of amides is 1. The Morgan fingerprint density at radius 2 is 2.11 bits per heavy atom. The van der Waals surface area contributed by atoms with Gasteiger partial charge in [0.1, 0.15) is 0 Å². The third kappa shape index (κ3) is 4.51. The lowest BCUT2D eigenvalue weighted by molar-refractivity contribution is -0.118. The molecule has 1 fully saturated rings. The van der Waals surface area contributed by atoms with Crippen molar-refractivity contribution in [2.45, 2.75) is 39.2 Å². The van der Waals surface area contributed by atoms with Gasteiger partial charge >= 0.3 is 0 Å². The molecule has 2 rings (SSSR count). The lowest BCUT2D eigenvalue weighted by Gasteiger charge is -2.32. The first-order valence-corrected chi connectivity index (χ1v) is 6.76. The van der Waals surface area contributed by atoms with Crippen LogP contribution in [-0.4, -0.2) is 29.9 Å². The van der Waals surface area contributed by atoms with E-state index in [-0.39, 0.29) is 18.3 Å². The van der Waals surface area contributed by atoms with Crippen molar-refractivity contribution >= 4 is 24.0 Å². The highest BCUT2D eigenvalue weighted by Gasteiger charge is 2.20. The number of carbonyl (C=O) groups is 1. The first-order chi connectivity index (χ1) is 8.66. The smallest absolute Gasteiger partial charge is 0.238 e. The number of hydrogen-bond acceptors (Lipinski definition) is 2. The van der Waals surface area contributed by atoms with Crippen molar-refractivity contribution in [3.8, 4) is 0 Å². The SMILES string of the molecule is Cc1ccccc1NC(=O)CN1CCCCC1C.Cl. The highest BCUT2D eigenvalue weighted by atomic mass is 35.5. The summed E-state index contributed by atoms with van der Waals surface area (Å²) in [7, 11) is 0. The fraction of sp³-hybridized carbons (Fsp3) is 0.533. The second-order valence-electron chi connectivity index (χ2n) is 5.18. The van der Waals surface area contributed by atoms with Crippen LogP contribution in [0.1, 0.15) is 31.7 Å². The minimum atomic E-state index is 0. The number of para-hydroxylation sites is 1. The van der Waals surface area contributed by atoms with Crippen LogP contribution in [-0.2, 0) is 4.79 Å². The molecule has 3 nitrogen and oxygen atoms in total. The molecule has 0 aromatic heterocycles. The zero-order valence-electron chi connectivity index (χ0n) is 11.7. The van der Waals surface area contributed by atoms with Crippen LogP contribution in [0.3, 0.4) is 0 Å². The summed E-state index contributed by atoms with van der Waals surface area (Å²) in [4.78, 5) is 14.3. The third-order valence-corrected chi connectivity index (χ3v) is 3.71. The zero-order chi connectivity index (χ0) is 13.0. The van der Waals surface area contributed by atoms with Crippen molar-refractivity contribution in [2.24, 2.45) is 0 Å². The number of aryl methyl sites for hydroxylation is 1. The van der Waals surface area contributed by atoms with Crippen LogP contribution in [0.2, 0.25) is 0 Å². The molecule has 1 aromatic rings. The van der Waals surface area contributed by atoms with E-state index in [1.165, 1.54) is 19.3 Å². The van der Waals surface area contributed by atoms with Gasteiger partial charge < -0.3 is 5.32 Å². The lowest BCUT2D eigenvalue weighted by Crippen LogP contribution is -2.42. The molecule has 1 aliphatic rings. The number of halogens is 1. The summed E-state index contributed by atoms with van der Waals surface area (Å²) >= 11 is 0. The van der Waals surface area contributed by atoms with Crippen molar-refractivity contribution in [3.63, 3.8) is 0 Å². The van der Waals surface area contributed by atoms with Crippen LogP contribution < -0.4 is 5.32 Å². The number of nitrogens with zero attached hydrogens (tertiary/aromatic N) is 1. The Kier molecular flexibility index (Phi) is 6.32. The van der Waals surface area contributed by atoms with Gasteiger partial charge in [-0.05, 0) is 44.9 Å². The molecule has 4 heteroatoms. The molecule has 1 aromatic carbocycles. The van der Waals surface area contributed by atoms with Gasteiger partial charge in [-0.15, -0.1) is 12.4 Å². The van der Waals surface area contributed by atoms with Crippen LogP contribution >= 0.6 is 12.4 Å². The Labute approximate surface area is 121 Å². The maximum atomic E-state index is 12.0. The maximum Gasteiger partial charge on any atom is 0.238 e. The van der Waals surface area contributed by atoms with Crippen LogP contribution in [0, 0.1) is 6.92 Å². The molecule has 1 amide bonds. The number of rotatable bonds is 3. The van der Waals surface area contributed by atoms with Crippen molar-refractivity contribution < 1.29 is 4.79 Å². The number of carbonyl (C=O) groups excluding carboxylic acids is 1. The minimum absolute atomic E-state index is 0. The predicted octanol–water partition coefficient (Wildman–Crippen LogP) is 3.23. The topological polar surface area (TPSA) is 32.3 Å². The van der Waals surface area contributed by atoms with E-state index in [9.17, 15) is 4.79 Å². The molecular weight excluding hydrogens is 260 g/mol. The number of hydrogen-bond donors (Lipinski definition) is 1. The number of piperidine rings is 1. The normalized spacial score (nSPS) is 19.6. The highest BCUT2D eigenvalue weighted by Crippen LogP contribution is 2.17. The largest absolute Gasteiger partial charge is 0.325 e. The van der Waals surface area contributed by atoms with Crippen LogP contribution in [0.15, 0.2) is 24.3 Å². The molecule has 106 valence electrons.